The number of anilines is 1. The van der Waals surface area contributed by atoms with Gasteiger partial charge < -0.3 is 5.32 Å². The van der Waals surface area contributed by atoms with Crippen LogP contribution in [-0.2, 0) is 4.79 Å². The summed E-state index contributed by atoms with van der Waals surface area (Å²) in [4.78, 5) is 27.3. The molecule has 5 nitrogen and oxygen atoms in total. The molecule has 1 atom stereocenters. The van der Waals surface area contributed by atoms with E-state index in [2.05, 4.69) is 10.4 Å². The van der Waals surface area contributed by atoms with Gasteiger partial charge in [0.2, 0.25) is 5.91 Å². The van der Waals surface area contributed by atoms with Crippen LogP contribution in [-0.4, -0.2) is 21.5 Å². The summed E-state index contributed by atoms with van der Waals surface area (Å²) in [5.41, 5.74) is 4.77. The fourth-order valence-corrected chi connectivity index (χ4v) is 4.51. The SMILES string of the molecule is Cc1ccc(C(=O)C2CC(=O)Nc3c2c(C)nn3-c2cccc(C)c2C)s1. The molecule has 0 saturated carbocycles. The third-order valence-corrected chi connectivity index (χ3v) is 6.22. The third kappa shape index (κ3) is 2.90. The van der Waals surface area contributed by atoms with E-state index in [1.165, 1.54) is 11.3 Å². The van der Waals surface area contributed by atoms with Gasteiger partial charge in [-0.2, -0.15) is 5.10 Å². The normalized spacial score (nSPS) is 16.1. The Hall–Kier alpha value is -2.73. The molecule has 1 unspecified atom stereocenters. The van der Waals surface area contributed by atoms with Crippen molar-refractivity contribution in [3.05, 3.63) is 62.5 Å². The second-order valence-electron chi connectivity index (χ2n) is 7.06. The first-order valence-corrected chi connectivity index (χ1v) is 9.75. The fraction of sp³-hybridized carbons (Fsp3) is 0.286. The quantitative estimate of drug-likeness (QED) is 0.683. The number of carbonyl (C=O) groups is 2. The van der Waals surface area contributed by atoms with Crippen LogP contribution < -0.4 is 5.32 Å². The monoisotopic (exact) mass is 379 g/mol. The summed E-state index contributed by atoms with van der Waals surface area (Å²) >= 11 is 1.47. The van der Waals surface area contributed by atoms with Gasteiger partial charge in [-0.3, -0.25) is 9.59 Å². The standard InChI is InChI=1S/C21H21N3O2S/c1-11-6-5-7-16(13(11)3)24-21-19(14(4)23-24)15(10-18(25)22-21)20(26)17-9-8-12(2)27-17/h5-9,15H,10H2,1-4H3,(H,22,25). The summed E-state index contributed by atoms with van der Waals surface area (Å²) in [6, 6.07) is 9.79. The molecule has 0 fully saturated rings. The van der Waals surface area contributed by atoms with E-state index in [0.29, 0.717) is 10.7 Å². The molecule has 3 heterocycles. The number of hydrogen-bond acceptors (Lipinski definition) is 4. The van der Waals surface area contributed by atoms with Gasteiger partial charge in [-0.15, -0.1) is 11.3 Å². The second-order valence-corrected chi connectivity index (χ2v) is 8.35. The lowest BCUT2D eigenvalue weighted by Gasteiger charge is -2.23. The molecule has 4 rings (SSSR count). The molecule has 138 valence electrons. The molecule has 0 bridgehead atoms. The number of hydrogen-bond donors (Lipinski definition) is 1. The van der Waals surface area contributed by atoms with Gasteiger partial charge in [0.15, 0.2) is 5.78 Å². The van der Waals surface area contributed by atoms with Gasteiger partial charge in [0, 0.05) is 16.9 Å². The first kappa shape index (κ1) is 17.7. The molecule has 0 saturated heterocycles. The van der Waals surface area contributed by atoms with Crippen molar-refractivity contribution in [1.82, 2.24) is 9.78 Å². The molecule has 2 aromatic heterocycles. The lowest BCUT2D eigenvalue weighted by molar-refractivity contribution is -0.116. The average Bonchev–Trinajstić information content (AvgIpc) is 3.20. The van der Waals surface area contributed by atoms with Crippen LogP contribution in [0.25, 0.3) is 5.69 Å². The largest absolute Gasteiger partial charge is 0.310 e. The van der Waals surface area contributed by atoms with Gasteiger partial charge in [0.1, 0.15) is 5.82 Å². The Morgan fingerprint density at radius 3 is 2.67 bits per heavy atom. The predicted molar refractivity (Wildman–Crippen MR) is 107 cm³/mol. The zero-order valence-corrected chi connectivity index (χ0v) is 16.6. The molecule has 0 aliphatic carbocycles. The van der Waals surface area contributed by atoms with Crippen molar-refractivity contribution in [3.63, 3.8) is 0 Å². The molecule has 6 heteroatoms. The van der Waals surface area contributed by atoms with E-state index in [4.69, 9.17) is 0 Å². The number of benzene rings is 1. The van der Waals surface area contributed by atoms with Gasteiger partial charge in [-0.25, -0.2) is 4.68 Å². The molecule has 1 amide bonds. The molecule has 1 aliphatic heterocycles. The van der Waals surface area contributed by atoms with Crippen LogP contribution in [0.4, 0.5) is 5.82 Å². The molecule has 1 N–H and O–H groups in total. The number of nitrogens with one attached hydrogen (secondary N) is 1. The number of ketones is 1. The highest BCUT2D eigenvalue weighted by Crippen LogP contribution is 2.39. The van der Waals surface area contributed by atoms with Crippen LogP contribution in [0.5, 0.6) is 0 Å². The van der Waals surface area contributed by atoms with Gasteiger partial charge in [0.25, 0.3) is 0 Å². The number of Topliss-reactive ketones (excluding diaryl/α,β-unsaturated/α-hetero) is 1. The zero-order valence-electron chi connectivity index (χ0n) is 15.8. The zero-order chi connectivity index (χ0) is 19.3. The minimum atomic E-state index is -0.495. The Balaban J connectivity index is 1.86. The van der Waals surface area contributed by atoms with E-state index in [1.54, 1.807) is 4.68 Å². The van der Waals surface area contributed by atoms with Crippen molar-refractivity contribution < 1.29 is 9.59 Å². The van der Waals surface area contributed by atoms with Gasteiger partial charge >= 0.3 is 0 Å². The van der Waals surface area contributed by atoms with Gasteiger partial charge in [0.05, 0.1) is 22.2 Å². The summed E-state index contributed by atoms with van der Waals surface area (Å²) in [7, 11) is 0. The van der Waals surface area contributed by atoms with Crippen molar-refractivity contribution in [2.24, 2.45) is 0 Å². The number of rotatable bonds is 3. The molecule has 27 heavy (non-hydrogen) atoms. The van der Waals surface area contributed by atoms with Crippen LogP contribution in [0.2, 0.25) is 0 Å². The Morgan fingerprint density at radius 2 is 1.96 bits per heavy atom. The Bertz CT molecular complexity index is 1080. The first-order valence-electron chi connectivity index (χ1n) is 8.93. The van der Waals surface area contributed by atoms with Crippen molar-refractivity contribution in [1.29, 1.82) is 0 Å². The highest BCUT2D eigenvalue weighted by atomic mass is 32.1. The Morgan fingerprint density at radius 1 is 1.19 bits per heavy atom. The predicted octanol–water partition coefficient (Wildman–Crippen LogP) is 4.48. The average molecular weight is 379 g/mol. The summed E-state index contributed by atoms with van der Waals surface area (Å²) in [5, 5.41) is 7.63. The molecule has 0 spiro atoms. The summed E-state index contributed by atoms with van der Waals surface area (Å²) in [6.07, 6.45) is 0.155. The van der Waals surface area contributed by atoms with Crippen LogP contribution >= 0.6 is 11.3 Å². The smallest absolute Gasteiger partial charge is 0.226 e. The summed E-state index contributed by atoms with van der Waals surface area (Å²) in [6.45, 7) is 7.96. The highest BCUT2D eigenvalue weighted by molar-refractivity contribution is 7.14. The van der Waals surface area contributed by atoms with Crippen molar-refractivity contribution >= 4 is 28.8 Å². The minimum Gasteiger partial charge on any atom is -0.310 e. The maximum atomic E-state index is 13.1. The van der Waals surface area contributed by atoms with Crippen molar-refractivity contribution in [2.45, 2.75) is 40.0 Å². The third-order valence-electron chi connectivity index (χ3n) is 5.21. The van der Waals surface area contributed by atoms with E-state index in [0.717, 1.165) is 32.9 Å². The summed E-state index contributed by atoms with van der Waals surface area (Å²) in [5.74, 6) is -0.0388. The topological polar surface area (TPSA) is 64.0 Å². The van der Waals surface area contributed by atoms with Crippen LogP contribution in [0.1, 0.15) is 49.3 Å². The van der Waals surface area contributed by atoms with Crippen molar-refractivity contribution in [3.8, 4) is 5.69 Å². The first-order chi connectivity index (χ1) is 12.9. The number of aryl methyl sites for hydroxylation is 3. The number of amides is 1. The maximum Gasteiger partial charge on any atom is 0.226 e. The Labute approximate surface area is 162 Å². The number of thiophene rings is 1. The number of aromatic nitrogens is 2. The van der Waals surface area contributed by atoms with Crippen LogP contribution in [0, 0.1) is 27.7 Å². The number of nitrogens with zero attached hydrogens (tertiary/aromatic N) is 2. The van der Waals surface area contributed by atoms with Crippen molar-refractivity contribution in [2.75, 3.05) is 5.32 Å². The van der Waals surface area contributed by atoms with Crippen LogP contribution in [0.15, 0.2) is 30.3 Å². The van der Waals surface area contributed by atoms with Crippen LogP contribution in [0.3, 0.4) is 0 Å². The number of fused-ring (bicyclic) bond motifs is 1. The van der Waals surface area contributed by atoms with E-state index in [9.17, 15) is 9.59 Å². The lowest BCUT2D eigenvalue weighted by Crippen LogP contribution is -2.28. The fourth-order valence-electron chi connectivity index (χ4n) is 3.65. The minimum absolute atomic E-state index is 0.00665. The second kappa shape index (κ2) is 6.46. The summed E-state index contributed by atoms with van der Waals surface area (Å²) < 4.78 is 1.77. The number of carbonyl (C=O) groups excluding carboxylic acids is 2. The van der Waals surface area contributed by atoms with E-state index in [-0.39, 0.29) is 18.1 Å². The molecule has 0 radical (unpaired) electrons. The van der Waals surface area contributed by atoms with E-state index in [1.807, 2.05) is 58.0 Å². The molecule has 1 aromatic carbocycles. The molecular formula is C21H21N3O2S. The highest BCUT2D eigenvalue weighted by Gasteiger charge is 2.36. The van der Waals surface area contributed by atoms with E-state index < -0.39 is 5.92 Å². The van der Waals surface area contributed by atoms with Gasteiger partial charge in [-0.05, 0) is 57.0 Å². The van der Waals surface area contributed by atoms with E-state index >= 15 is 0 Å². The molecule has 3 aromatic rings. The van der Waals surface area contributed by atoms with Gasteiger partial charge in [-0.1, -0.05) is 12.1 Å². The molecular weight excluding hydrogens is 358 g/mol. The lowest BCUT2D eigenvalue weighted by atomic mass is 9.87. The molecule has 1 aliphatic rings. The maximum absolute atomic E-state index is 13.1. The Kier molecular flexibility index (Phi) is 4.23.